The second kappa shape index (κ2) is 6.55. The summed E-state index contributed by atoms with van der Waals surface area (Å²) in [6.45, 7) is 4.28. The molecule has 2 rings (SSSR count). The Labute approximate surface area is 124 Å². The van der Waals surface area contributed by atoms with Crippen LogP contribution in [-0.2, 0) is 16.6 Å². The Hall–Kier alpha value is -2.12. The minimum atomic E-state index is -3.55. The van der Waals surface area contributed by atoms with Gasteiger partial charge in [-0.3, -0.25) is 5.10 Å². The van der Waals surface area contributed by atoms with Crippen molar-refractivity contribution >= 4 is 10.0 Å². The molecule has 21 heavy (non-hydrogen) atoms. The molecule has 0 radical (unpaired) electrons. The molecule has 0 unspecified atom stereocenters. The van der Waals surface area contributed by atoms with E-state index < -0.39 is 10.0 Å². The van der Waals surface area contributed by atoms with E-state index >= 15 is 0 Å². The van der Waals surface area contributed by atoms with Gasteiger partial charge in [0, 0.05) is 13.6 Å². The van der Waals surface area contributed by atoms with Gasteiger partial charge in [-0.05, 0) is 23.8 Å². The van der Waals surface area contributed by atoms with Crippen LogP contribution in [-0.4, -0.2) is 36.6 Å². The third-order valence-electron chi connectivity index (χ3n) is 2.86. The third-order valence-corrected chi connectivity index (χ3v) is 4.59. The minimum absolute atomic E-state index is 0.0796. The van der Waals surface area contributed by atoms with Gasteiger partial charge < -0.3 is 4.74 Å². The van der Waals surface area contributed by atoms with E-state index in [0.717, 1.165) is 11.3 Å². The zero-order chi connectivity index (χ0) is 15.3. The number of aromatic nitrogens is 2. The highest BCUT2D eigenvalue weighted by molar-refractivity contribution is 7.89. The highest BCUT2D eigenvalue weighted by atomic mass is 32.2. The van der Waals surface area contributed by atoms with Crippen LogP contribution < -0.4 is 4.74 Å². The van der Waals surface area contributed by atoms with Crippen LogP contribution in [0.15, 0.2) is 54.2 Å². The summed E-state index contributed by atoms with van der Waals surface area (Å²) in [5, 5.41) is 6.21. The summed E-state index contributed by atoms with van der Waals surface area (Å²) in [6, 6.07) is 8.69. The van der Waals surface area contributed by atoms with Crippen molar-refractivity contribution in [2.75, 3.05) is 13.7 Å². The molecule has 0 atom stereocenters. The van der Waals surface area contributed by atoms with Crippen molar-refractivity contribution in [1.82, 2.24) is 14.5 Å². The van der Waals surface area contributed by atoms with Gasteiger partial charge in [0.1, 0.15) is 12.4 Å². The van der Waals surface area contributed by atoms with Gasteiger partial charge in [0.25, 0.3) is 10.0 Å². The molecular weight excluding hydrogens is 290 g/mol. The second-order valence-corrected chi connectivity index (χ2v) is 6.44. The van der Waals surface area contributed by atoms with Gasteiger partial charge in [-0.25, -0.2) is 8.42 Å². The summed E-state index contributed by atoms with van der Waals surface area (Å²) in [5.74, 6) is 0.720. The second-order valence-electron chi connectivity index (χ2n) is 4.43. The topological polar surface area (TPSA) is 75.3 Å². The Morgan fingerprint density at radius 1 is 1.33 bits per heavy atom. The lowest BCUT2D eigenvalue weighted by atomic mass is 10.2. The molecule has 1 aromatic heterocycles. The predicted octanol–water partition coefficient (Wildman–Crippen LogP) is 1.80. The van der Waals surface area contributed by atoms with E-state index in [1.807, 2.05) is 12.1 Å². The molecule has 1 heterocycles. The first-order valence-electron chi connectivity index (χ1n) is 6.32. The molecule has 0 saturated carbocycles. The van der Waals surface area contributed by atoms with Gasteiger partial charge >= 0.3 is 0 Å². The van der Waals surface area contributed by atoms with E-state index in [9.17, 15) is 8.42 Å². The van der Waals surface area contributed by atoms with E-state index in [1.54, 1.807) is 18.2 Å². The number of aromatic amines is 1. The average molecular weight is 307 g/mol. The van der Waals surface area contributed by atoms with E-state index in [4.69, 9.17) is 4.74 Å². The highest BCUT2D eigenvalue weighted by Gasteiger charge is 2.22. The minimum Gasteiger partial charge on any atom is -0.490 e. The fourth-order valence-electron chi connectivity index (χ4n) is 1.74. The van der Waals surface area contributed by atoms with Crippen molar-refractivity contribution in [1.29, 1.82) is 0 Å². The molecular formula is C14H17N3O3S. The van der Waals surface area contributed by atoms with Crippen LogP contribution in [0.2, 0.25) is 0 Å². The van der Waals surface area contributed by atoms with Crippen LogP contribution in [0.5, 0.6) is 5.75 Å². The lowest BCUT2D eigenvalue weighted by Crippen LogP contribution is -2.26. The Balaban J connectivity index is 2.06. The fourth-order valence-corrected chi connectivity index (χ4v) is 2.80. The van der Waals surface area contributed by atoms with Crippen LogP contribution in [0.3, 0.4) is 0 Å². The zero-order valence-corrected chi connectivity index (χ0v) is 12.5. The van der Waals surface area contributed by atoms with E-state index in [2.05, 4.69) is 16.8 Å². The molecule has 0 saturated heterocycles. The lowest BCUT2D eigenvalue weighted by molar-refractivity contribution is 0.363. The first-order valence-corrected chi connectivity index (χ1v) is 7.76. The Bertz CT molecular complexity index is 679. The monoisotopic (exact) mass is 307 g/mol. The van der Waals surface area contributed by atoms with Crippen molar-refractivity contribution in [3.05, 3.63) is 54.7 Å². The lowest BCUT2D eigenvalue weighted by Gasteiger charge is -2.16. The van der Waals surface area contributed by atoms with Crippen LogP contribution in [0, 0.1) is 0 Å². The van der Waals surface area contributed by atoms with Gasteiger partial charge in [-0.1, -0.05) is 24.8 Å². The maximum absolute atomic E-state index is 12.2. The number of rotatable bonds is 7. The summed E-state index contributed by atoms with van der Waals surface area (Å²) in [4.78, 5) is 0. The Morgan fingerprint density at radius 3 is 2.62 bits per heavy atom. The van der Waals surface area contributed by atoms with Crippen LogP contribution in [0.1, 0.15) is 5.56 Å². The van der Waals surface area contributed by atoms with Crippen molar-refractivity contribution in [3.63, 3.8) is 0 Å². The number of nitrogens with zero attached hydrogens (tertiary/aromatic N) is 2. The Kier molecular flexibility index (Phi) is 4.77. The van der Waals surface area contributed by atoms with Crippen molar-refractivity contribution in [2.45, 2.75) is 11.6 Å². The molecule has 1 aromatic carbocycles. The number of hydrogen-bond donors (Lipinski definition) is 1. The summed E-state index contributed by atoms with van der Waals surface area (Å²) in [6.07, 6.45) is 3.07. The SMILES string of the molecule is C=CCOc1ccc(CN(C)S(=O)(=O)c2ccn[nH]2)cc1. The molecule has 6 nitrogen and oxygen atoms in total. The maximum atomic E-state index is 12.2. The quantitative estimate of drug-likeness (QED) is 0.791. The number of H-pyrrole nitrogens is 1. The maximum Gasteiger partial charge on any atom is 0.260 e. The zero-order valence-electron chi connectivity index (χ0n) is 11.7. The van der Waals surface area contributed by atoms with E-state index in [0.29, 0.717) is 6.61 Å². The molecule has 0 aliphatic carbocycles. The summed E-state index contributed by atoms with van der Waals surface area (Å²) in [5.41, 5.74) is 0.867. The van der Waals surface area contributed by atoms with Crippen LogP contribution in [0.4, 0.5) is 0 Å². The van der Waals surface area contributed by atoms with Gasteiger partial charge in [0.2, 0.25) is 0 Å². The molecule has 0 bridgehead atoms. The summed E-state index contributed by atoms with van der Waals surface area (Å²) < 4.78 is 31.1. The first kappa shape index (κ1) is 15.3. The largest absolute Gasteiger partial charge is 0.490 e. The highest BCUT2D eigenvalue weighted by Crippen LogP contribution is 2.17. The van der Waals surface area contributed by atoms with Gasteiger partial charge in [-0.2, -0.15) is 9.40 Å². The molecule has 2 aromatic rings. The number of benzene rings is 1. The van der Waals surface area contributed by atoms with Crippen LogP contribution >= 0.6 is 0 Å². The average Bonchev–Trinajstić information content (AvgIpc) is 3.01. The van der Waals surface area contributed by atoms with Crippen molar-refractivity contribution in [3.8, 4) is 5.75 Å². The number of hydrogen-bond acceptors (Lipinski definition) is 4. The van der Waals surface area contributed by atoms with Crippen LogP contribution in [0.25, 0.3) is 0 Å². The molecule has 1 N–H and O–H groups in total. The number of sulfonamides is 1. The molecule has 0 fully saturated rings. The molecule has 0 aliphatic rings. The van der Waals surface area contributed by atoms with Crippen molar-refractivity contribution in [2.24, 2.45) is 0 Å². The first-order chi connectivity index (χ1) is 10.0. The van der Waals surface area contributed by atoms with Gasteiger partial charge in [0.15, 0.2) is 5.03 Å². The van der Waals surface area contributed by atoms with Gasteiger partial charge in [0.05, 0.1) is 6.20 Å². The fraction of sp³-hybridized carbons (Fsp3) is 0.214. The smallest absolute Gasteiger partial charge is 0.260 e. The number of nitrogens with one attached hydrogen (secondary N) is 1. The third kappa shape index (κ3) is 3.71. The van der Waals surface area contributed by atoms with Gasteiger partial charge in [-0.15, -0.1) is 0 Å². The molecule has 112 valence electrons. The molecule has 0 aliphatic heterocycles. The summed E-state index contributed by atoms with van der Waals surface area (Å²) >= 11 is 0. The molecule has 0 spiro atoms. The standard InChI is InChI=1S/C14H17N3O3S/c1-3-10-20-13-6-4-12(5-7-13)11-17(2)21(18,19)14-8-9-15-16-14/h3-9H,1,10-11H2,2H3,(H,15,16). The van der Waals surface area contributed by atoms with E-state index in [-0.39, 0.29) is 11.6 Å². The molecule has 7 heteroatoms. The normalized spacial score (nSPS) is 11.5. The van der Waals surface area contributed by atoms with E-state index in [1.165, 1.54) is 23.6 Å². The number of ether oxygens (including phenoxy) is 1. The van der Waals surface area contributed by atoms with Crippen molar-refractivity contribution < 1.29 is 13.2 Å². The molecule has 0 amide bonds. The Morgan fingerprint density at radius 2 is 2.05 bits per heavy atom. The predicted molar refractivity (Wildman–Crippen MR) is 79.4 cm³/mol. The summed E-state index contributed by atoms with van der Waals surface area (Å²) in [7, 11) is -2.02.